The van der Waals surface area contributed by atoms with E-state index in [1.807, 2.05) is 6.92 Å². The number of fused-ring (bicyclic) bond motifs is 1. The van der Waals surface area contributed by atoms with E-state index in [4.69, 9.17) is 0 Å². The molecule has 0 saturated carbocycles. The molecule has 124 valence electrons. The number of carbonyl (C=O) groups is 1. The Morgan fingerprint density at radius 3 is 2.75 bits per heavy atom. The number of benzene rings is 1. The van der Waals surface area contributed by atoms with Gasteiger partial charge in [0, 0.05) is 7.05 Å². The molecule has 0 aliphatic rings. The van der Waals surface area contributed by atoms with E-state index in [1.165, 1.54) is 39.3 Å². The molecule has 0 saturated heterocycles. The smallest absolute Gasteiger partial charge is 0.262 e. The molecule has 0 fully saturated rings. The van der Waals surface area contributed by atoms with E-state index >= 15 is 0 Å². The number of rotatable bonds is 4. The van der Waals surface area contributed by atoms with Gasteiger partial charge in [-0.05, 0) is 36.1 Å². The average molecular weight is 345 g/mol. The zero-order chi connectivity index (χ0) is 17.3. The van der Waals surface area contributed by atoms with Crippen LogP contribution in [0.1, 0.15) is 18.5 Å². The van der Waals surface area contributed by atoms with E-state index < -0.39 is 0 Å². The predicted octanol–water partition coefficient (Wildman–Crippen LogP) is 2.82. The monoisotopic (exact) mass is 345 g/mol. The van der Waals surface area contributed by atoms with Crippen LogP contribution < -0.4 is 5.56 Å². The molecule has 0 bridgehead atoms. The van der Waals surface area contributed by atoms with Crippen LogP contribution >= 0.6 is 11.3 Å². The summed E-state index contributed by atoms with van der Waals surface area (Å²) in [4.78, 5) is 31.2. The second-order valence-electron chi connectivity index (χ2n) is 5.55. The highest BCUT2D eigenvalue weighted by atomic mass is 32.1. The number of aromatic nitrogens is 2. The van der Waals surface area contributed by atoms with Crippen molar-refractivity contribution in [3.05, 3.63) is 63.8 Å². The van der Waals surface area contributed by atoms with Gasteiger partial charge in [-0.15, -0.1) is 11.3 Å². The molecule has 0 radical (unpaired) electrons. The fraction of sp³-hybridized carbons (Fsp3) is 0.235. The third kappa shape index (κ3) is 3.07. The first-order valence-electron chi connectivity index (χ1n) is 7.41. The quantitative estimate of drug-likeness (QED) is 0.731. The summed E-state index contributed by atoms with van der Waals surface area (Å²) in [6.45, 7) is 1.77. The van der Waals surface area contributed by atoms with Gasteiger partial charge >= 0.3 is 0 Å². The zero-order valence-corrected chi connectivity index (χ0v) is 14.1. The summed E-state index contributed by atoms with van der Waals surface area (Å²) in [6.07, 6.45) is 1.40. The Kier molecular flexibility index (Phi) is 4.44. The topological polar surface area (TPSA) is 55.2 Å². The van der Waals surface area contributed by atoms with Gasteiger partial charge in [0.15, 0.2) is 0 Å². The second-order valence-corrected chi connectivity index (χ2v) is 6.44. The van der Waals surface area contributed by atoms with Crippen LogP contribution in [-0.2, 0) is 11.3 Å². The first-order valence-corrected chi connectivity index (χ1v) is 8.29. The maximum absolute atomic E-state index is 13.0. The van der Waals surface area contributed by atoms with Crippen LogP contribution in [0.25, 0.3) is 10.2 Å². The first kappa shape index (κ1) is 16.3. The lowest BCUT2D eigenvalue weighted by atomic mass is 10.1. The van der Waals surface area contributed by atoms with Crippen LogP contribution in [0, 0.1) is 5.82 Å². The largest absolute Gasteiger partial charge is 0.337 e. The van der Waals surface area contributed by atoms with Crippen LogP contribution in [0.15, 0.2) is 46.8 Å². The third-order valence-corrected chi connectivity index (χ3v) is 4.90. The number of amides is 1. The Morgan fingerprint density at radius 2 is 2.04 bits per heavy atom. The lowest BCUT2D eigenvalue weighted by Gasteiger charge is -2.25. The highest BCUT2D eigenvalue weighted by Gasteiger charge is 2.18. The fourth-order valence-corrected chi connectivity index (χ4v) is 3.17. The van der Waals surface area contributed by atoms with Crippen LogP contribution in [0.3, 0.4) is 0 Å². The number of hydrogen-bond donors (Lipinski definition) is 0. The summed E-state index contributed by atoms with van der Waals surface area (Å²) >= 11 is 1.39. The van der Waals surface area contributed by atoms with Gasteiger partial charge in [0.2, 0.25) is 5.91 Å². The molecule has 0 aliphatic heterocycles. The fourth-order valence-electron chi connectivity index (χ4n) is 2.44. The molecule has 1 unspecified atom stereocenters. The van der Waals surface area contributed by atoms with Crippen LogP contribution in [0.5, 0.6) is 0 Å². The van der Waals surface area contributed by atoms with Gasteiger partial charge in [0.25, 0.3) is 5.56 Å². The van der Waals surface area contributed by atoms with Crippen molar-refractivity contribution in [2.24, 2.45) is 0 Å². The van der Waals surface area contributed by atoms with E-state index in [0.29, 0.717) is 10.2 Å². The summed E-state index contributed by atoms with van der Waals surface area (Å²) in [6, 6.07) is 7.50. The zero-order valence-electron chi connectivity index (χ0n) is 13.3. The molecule has 0 aliphatic carbocycles. The molecule has 1 aromatic carbocycles. The number of likely N-dealkylation sites (N-methyl/N-ethyl adjacent to an activating group) is 1. The maximum atomic E-state index is 13.0. The van der Waals surface area contributed by atoms with Crippen molar-refractivity contribution in [1.29, 1.82) is 0 Å². The van der Waals surface area contributed by atoms with Gasteiger partial charge in [0.1, 0.15) is 17.2 Å². The minimum Gasteiger partial charge on any atom is -0.337 e. The van der Waals surface area contributed by atoms with E-state index in [-0.39, 0.29) is 29.9 Å². The molecule has 7 heteroatoms. The van der Waals surface area contributed by atoms with Crippen molar-refractivity contribution in [2.45, 2.75) is 19.5 Å². The average Bonchev–Trinajstić information content (AvgIpc) is 3.06. The van der Waals surface area contributed by atoms with Crippen molar-refractivity contribution in [3.63, 3.8) is 0 Å². The third-order valence-electron chi connectivity index (χ3n) is 4.08. The number of thiophene rings is 1. The SMILES string of the molecule is CC(c1ccc(F)cc1)N(C)C(=O)Cn1cnc2sccc2c1=O. The van der Waals surface area contributed by atoms with E-state index in [1.54, 1.807) is 30.6 Å². The van der Waals surface area contributed by atoms with Gasteiger partial charge in [-0.3, -0.25) is 14.2 Å². The molecule has 1 amide bonds. The van der Waals surface area contributed by atoms with Gasteiger partial charge in [-0.25, -0.2) is 9.37 Å². The Labute approximate surface area is 142 Å². The lowest BCUT2D eigenvalue weighted by Crippen LogP contribution is -2.35. The molecule has 1 atom stereocenters. The molecule has 5 nitrogen and oxygen atoms in total. The summed E-state index contributed by atoms with van der Waals surface area (Å²) in [5.41, 5.74) is 0.600. The van der Waals surface area contributed by atoms with Gasteiger partial charge in [-0.2, -0.15) is 0 Å². The number of hydrogen-bond acceptors (Lipinski definition) is 4. The van der Waals surface area contributed by atoms with E-state index in [0.717, 1.165) is 5.56 Å². The normalized spacial score (nSPS) is 12.3. The molecule has 2 heterocycles. The molecule has 2 aromatic heterocycles. The van der Waals surface area contributed by atoms with Crippen molar-refractivity contribution >= 4 is 27.5 Å². The molecular formula is C17H16FN3O2S. The maximum Gasteiger partial charge on any atom is 0.262 e. The van der Waals surface area contributed by atoms with Crippen LogP contribution in [0.4, 0.5) is 4.39 Å². The van der Waals surface area contributed by atoms with Crippen molar-refractivity contribution in [1.82, 2.24) is 14.5 Å². The van der Waals surface area contributed by atoms with Crippen LogP contribution in [0.2, 0.25) is 0 Å². The van der Waals surface area contributed by atoms with E-state index in [9.17, 15) is 14.0 Å². The number of nitrogens with zero attached hydrogens (tertiary/aromatic N) is 3. The predicted molar refractivity (Wildman–Crippen MR) is 91.5 cm³/mol. The van der Waals surface area contributed by atoms with E-state index in [2.05, 4.69) is 4.98 Å². The summed E-state index contributed by atoms with van der Waals surface area (Å²) in [7, 11) is 1.66. The Morgan fingerprint density at radius 1 is 1.33 bits per heavy atom. The standard InChI is InChI=1S/C17H16FN3O2S/c1-11(12-3-5-13(18)6-4-12)20(2)15(22)9-21-10-19-16-14(17(21)23)7-8-24-16/h3-8,10-11H,9H2,1-2H3. The minimum absolute atomic E-state index is 0.0837. The van der Waals surface area contributed by atoms with Crippen LogP contribution in [-0.4, -0.2) is 27.4 Å². The van der Waals surface area contributed by atoms with Crippen molar-refractivity contribution in [2.75, 3.05) is 7.05 Å². The second kappa shape index (κ2) is 6.52. The van der Waals surface area contributed by atoms with Gasteiger partial charge in [-0.1, -0.05) is 12.1 Å². The Bertz CT molecular complexity index is 933. The lowest BCUT2D eigenvalue weighted by molar-refractivity contribution is -0.132. The minimum atomic E-state index is -0.318. The first-order chi connectivity index (χ1) is 11.5. The summed E-state index contributed by atoms with van der Waals surface area (Å²) in [5.74, 6) is -0.535. The molecule has 3 rings (SSSR count). The van der Waals surface area contributed by atoms with Crippen molar-refractivity contribution < 1.29 is 9.18 Å². The summed E-state index contributed by atoms with van der Waals surface area (Å²) in [5, 5.41) is 2.32. The van der Waals surface area contributed by atoms with Crippen molar-refractivity contribution in [3.8, 4) is 0 Å². The van der Waals surface area contributed by atoms with Gasteiger partial charge in [0.05, 0.1) is 17.8 Å². The number of carbonyl (C=O) groups excluding carboxylic acids is 1. The molecule has 24 heavy (non-hydrogen) atoms. The Balaban J connectivity index is 1.79. The summed E-state index contributed by atoms with van der Waals surface area (Å²) < 4.78 is 14.3. The Hall–Kier alpha value is -2.54. The molecular weight excluding hydrogens is 329 g/mol. The molecule has 0 spiro atoms. The highest BCUT2D eigenvalue weighted by molar-refractivity contribution is 7.16. The van der Waals surface area contributed by atoms with Gasteiger partial charge < -0.3 is 4.90 Å². The number of halogens is 1. The highest BCUT2D eigenvalue weighted by Crippen LogP contribution is 2.19. The molecule has 3 aromatic rings. The molecule has 0 N–H and O–H groups in total.